The van der Waals surface area contributed by atoms with Gasteiger partial charge in [-0.2, -0.15) is 0 Å². The van der Waals surface area contributed by atoms with Crippen LogP contribution in [0, 0.1) is 23.9 Å². The first-order chi connectivity index (χ1) is 6.65. The quantitative estimate of drug-likeness (QED) is 0.754. The van der Waals surface area contributed by atoms with Gasteiger partial charge in [0.2, 0.25) is 0 Å². The van der Waals surface area contributed by atoms with Crippen LogP contribution in [-0.2, 0) is 4.74 Å². The summed E-state index contributed by atoms with van der Waals surface area (Å²) in [4.78, 5) is 0. The molecule has 2 atom stereocenters. The van der Waals surface area contributed by atoms with Gasteiger partial charge in [-0.05, 0) is 30.6 Å². The van der Waals surface area contributed by atoms with E-state index in [1.54, 1.807) is 0 Å². The summed E-state index contributed by atoms with van der Waals surface area (Å²) in [5, 5.41) is 8.75. The smallest absolute Gasteiger partial charge is 0.101 e. The topological polar surface area (TPSA) is 29.5 Å². The lowest BCUT2D eigenvalue weighted by atomic mass is 9.75. The van der Waals surface area contributed by atoms with E-state index in [9.17, 15) is 0 Å². The molecule has 14 heavy (non-hydrogen) atoms. The first-order valence-electron chi connectivity index (χ1n) is 5.74. The molecule has 1 aliphatic rings. The molecule has 1 fully saturated rings. The molecule has 0 aromatic heterocycles. The van der Waals surface area contributed by atoms with E-state index in [0.717, 1.165) is 12.3 Å². The van der Waals surface area contributed by atoms with E-state index >= 15 is 0 Å². The molecular formula is C12H23O2. The third-order valence-electron chi connectivity index (χ3n) is 3.12. The second-order valence-corrected chi connectivity index (χ2v) is 4.78. The Morgan fingerprint density at radius 1 is 1.43 bits per heavy atom. The molecule has 2 heteroatoms. The molecule has 83 valence electrons. The molecule has 0 heterocycles. The number of aliphatic hydroxyl groups is 1. The Kier molecular flexibility index (Phi) is 4.90. The maximum absolute atomic E-state index is 8.75. The minimum Gasteiger partial charge on any atom is -0.394 e. The summed E-state index contributed by atoms with van der Waals surface area (Å²) in [6.45, 7) is 7.37. The SMILES string of the molecule is CC1CCC(C(C)C)[C](OCCO)C1. The van der Waals surface area contributed by atoms with Crippen molar-refractivity contribution in [1.82, 2.24) is 0 Å². The van der Waals surface area contributed by atoms with Crippen molar-refractivity contribution < 1.29 is 9.84 Å². The summed E-state index contributed by atoms with van der Waals surface area (Å²) in [7, 11) is 0. The van der Waals surface area contributed by atoms with Gasteiger partial charge >= 0.3 is 0 Å². The first-order valence-corrected chi connectivity index (χ1v) is 5.74. The van der Waals surface area contributed by atoms with Crippen LogP contribution in [0.5, 0.6) is 0 Å². The van der Waals surface area contributed by atoms with Crippen LogP contribution in [-0.4, -0.2) is 18.3 Å². The molecule has 0 amide bonds. The van der Waals surface area contributed by atoms with Crippen molar-refractivity contribution in [3.05, 3.63) is 6.10 Å². The Bertz CT molecular complexity index is 156. The van der Waals surface area contributed by atoms with Crippen molar-refractivity contribution in [2.45, 2.75) is 40.0 Å². The molecule has 0 spiro atoms. The van der Waals surface area contributed by atoms with Gasteiger partial charge in [0.15, 0.2) is 0 Å². The van der Waals surface area contributed by atoms with Crippen molar-refractivity contribution >= 4 is 0 Å². The molecule has 2 nitrogen and oxygen atoms in total. The number of hydrogen-bond donors (Lipinski definition) is 1. The Hall–Kier alpha value is -0.0800. The lowest BCUT2D eigenvalue weighted by Crippen LogP contribution is -2.28. The maximum atomic E-state index is 8.75. The second-order valence-electron chi connectivity index (χ2n) is 4.78. The second kappa shape index (κ2) is 5.72. The fourth-order valence-corrected chi connectivity index (χ4v) is 2.27. The molecule has 1 rings (SSSR count). The van der Waals surface area contributed by atoms with Crippen LogP contribution in [0.25, 0.3) is 0 Å². The van der Waals surface area contributed by atoms with Gasteiger partial charge in [0, 0.05) is 0 Å². The van der Waals surface area contributed by atoms with Crippen molar-refractivity contribution in [3.63, 3.8) is 0 Å². The number of aliphatic hydroxyl groups excluding tert-OH is 1. The van der Waals surface area contributed by atoms with Crippen LogP contribution < -0.4 is 0 Å². The fraction of sp³-hybridized carbons (Fsp3) is 0.917. The molecule has 0 saturated heterocycles. The van der Waals surface area contributed by atoms with Gasteiger partial charge in [-0.15, -0.1) is 0 Å². The fourth-order valence-electron chi connectivity index (χ4n) is 2.27. The van der Waals surface area contributed by atoms with Crippen molar-refractivity contribution in [3.8, 4) is 0 Å². The third kappa shape index (κ3) is 3.25. The van der Waals surface area contributed by atoms with E-state index < -0.39 is 0 Å². The standard InChI is InChI=1S/C12H23O2/c1-9(2)11-5-4-10(3)8-12(11)14-7-6-13/h9-11,13H,4-8H2,1-3H3. The highest BCUT2D eigenvalue weighted by atomic mass is 16.5. The van der Waals surface area contributed by atoms with Crippen LogP contribution in [0.4, 0.5) is 0 Å². The molecule has 1 saturated carbocycles. The van der Waals surface area contributed by atoms with Crippen LogP contribution in [0.1, 0.15) is 40.0 Å². The lowest BCUT2D eigenvalue weighted by molar-refractivity contribution is 0.0283. The Morgan fingerprint density at radius 2 is 2.14 bits per heavy atom. The average molecular weight is 199 g/mol. The molecular weight excluding hydrogens is 176 g/mol. The Balaban J connectivity index is 2.45. The predicted molar refractivity (Wildman–Crippen MR) is 57.6 cm³/mol. The minimum atomic E-state index is 0.128. The monoisotopic (exact) mass is 199 g/mol. The first kappa shape index (κ1) is 12.0. The van der Waals surface area contributed by atoms with Gasteiger partial charge < -0.3 is 9.84 Å². The number of rotatable bonds is 4. The van der Waals surface area contributed by atoms with Gasteiger partial charge in [-0.1, -0.05) is 27.2 Å². The van der Waals surface area contributed by atoms with E-state index in [1.807, 2.05) is 0 Å². The van der Waals surface area contributed by atoms with Gasteiger partial charge in [-0.3, -0.25) is 0 Å². The van der Waals surface area contributed by atoms with Crippen LogP contribution >= 0.6 is 0 Å². The molecule has 2 unspecified atom stereocenters. The number of ether oxygens (including phenoxy) is 1. The van der Waals surface area contributed by atoms with E-state index in [2.05, 4.69) is 20.8 Å². The van der Waals surface area contributed by atoms with E-state index in [0.29, 0.717) is 18.4 Å². The summed E-state index contributed by atoms with van der Waals surface area (Å²) in [6, 6.07) is 0. The molecule has 0 aliphatic heterocycles. The molecule has 1 aliphatic carbocycles. The highest BCUT2D eigenvalue weighted by Gasteiger charge is 2.32. The van der Waals surface area contributed by atoms with Crippen molar-refractivity contribution in [2.75, 3.05) is 13.2 Å². The lowest BCUT2D eigenvalue weighted by Gasteiger charge is -2.36. The minimum absolute atomic E-state index is 0.128. The summed E-state index contributed by atoms with van der Waals surface area (Å²) in [5.74, 6) is 2.02. The van der Waals surface area contributed by atoms with Crippen molar-refractivity contribution in [1.29, 1.82) is 0 Å². The van der Waals surface area contributed by atoms with E-state index in [1.165, 1.54) is 18.9 Å². The highest BCUT2D eigenvalue weighted by molar-refractivity contribution is 4.94. The highest BCUT2D eigenvalue weighted by Crippen LogP contribution is 2.39. The number of hydrogen-bond acceptors (Lipinski definition) is 2. The zero-order valence-electron chi connectivity index (χ0n) is 9.62. The third-order valence-corrected chi connectivity index (χ3v) is 3.12. The molecule has 0 bridgehead atoms. The molecule has 0 aromatic rings. The largest absolute Gasteiger partial charge is 0.394 e. The zero-order chi connectivity index (χ0) is 10.6. The summed E-state index contributed by atoms with van der Waals surface area (Å²) < 4.78 is 5.64. The maximum Gasteiger partial charge on any atom is 0.101 e. The molecule has 0 aromatic carbocycles. The summed E-state index contributed by atoms with van der Waals surface area (Å²) >= 11 is 0. The van der Waals surface area contributed by atoms with E-state index in [4.69, 9.17) is 9.84 Å². The van der Waals surface area contributed by atoms with Crippen LogP contribution in [0.15, 0.2) is 0 Å². The van der Waals surface area contributed by atoms with Gasteiger partial charge in [0.25, 0.3) is 0 Å². The normalized spacial score (nSPS) is 29.8. The zero-order valence-corrected chi connectivity index (χ0v) is 9.62. The summed E-state index contributed by atoms with van der Waals surface area (Å²) in [6.07, 6.45) is 4.88. The van der Waals surface area contributed by atoms with E-state index in [-0.39, 0.29) is 6.61 Å². The van der Waals surface area contributed by atoms with Gasteiger partial charge in [-0.25, -0.2) is 0 Å². The summed E-state index contributed by atoms with van der Waals surface area (Å²) in [5.41, 5.74) is 0. The Morgan fingerprint density at radius 3 is 2.71 bits per heavy atom. The van der Waals surface area contributed by atoms with Gasteiger partial charge in [0.1, 0.15) is 6.10 Å². The Labute approximate surface area is 87.7 Å². The molecule has 1 radical (unpaired) electrons. The molecule has 1 N–H and O–H groups in total. The van der Waals surface area contributed by atoms with Gasteiger partial charge in [0.05, 0.1) is 13.2 Å². The van der Waals surface area contributed by atoms with Crippen LogP contribution in [0.3, 0.4) is 0 Å². The predicted octanol–water partition coefficient (Wildman–Crippen LogP) is 2.62. The van der Waals surface area contributed by atoms with Crippen LogP contribution in [0.2, 0.25) is 0 Å². The average Bonchev–Trinajstić information content (AvgIpc) is 2.14. The van der Waals surface area contributed by atoms with Crippen molar-refractivity contribution in [2.24, 2.45) is 17.8 Å².